The van der Waals surface area contributed by atoms with E-state index in [-0.39, 0.29) is 0 Å². The van der Waals surface area contributed by atoms with Gasteiger partial charge in [0.15, 0.2) is 0 Å². The number of benzene rings is 6. The maximum atomic E-state index is 6.90. The number of rotatable bonds is 10. The van der Waals surface area contributed by atoms with Gasteiger partial charge in [-0.1, -0.05) is 101 Å². The van der Waals surface area contributed by atoms with Crippen molar-refractivity contribution in [1.29, 1.82) is 0 Å². The third kappa shape index (κ3) is 6.77. The Kier molecular flexibility index (Phi) is 10.3. The number of nitrogens with two attached hydrogens (primary N) is 2. The molecular formula is C53H56N2O2. The van der Waals surface area contributed by atoms with Gasteiger partial charge in [-0.2, -0.15) is 0 Å². The number of aryl methyl sites for hydroxylation is 2. The first kappa shape index (κ1) is 37.1. The second-order valence-electron chi connectivity index (χ2n) is 16.7. The molecule has 0 saturated heterocycles. The van der Waals surface area contributed by atoms with Crippen LogP contribution in [0.25, 0.3) is 11.1 Å². The van der Waals surface area contributed by atoms with Crippen LogP contribution in [0.5, 0.6) is 23.0 Å². The number of fused-ring (bicyclic) bond motifs is 3. The highest BCUT2D eigenvalue weighted by atomic mass is 16.5. The largest absolute Gasteiger partial charge is 0.457 e. The molecule has 0 atom stereocenters. The predicted octanol–water partition coefficient (Wildman–Crippen LogP) is 14.0. The number of anilines is 2. The minimum atomic E-state index is -0.545. The average Bonchev–Trinajstić information content (AvgIpc) is 3.56. The SMILES string of the molecule is CCc1cc(Oc2ccc(N)cc2)c(C2CCCCC2)cc1C1(c2cc(C3CCCCC3)c(Oc3ccc(N)cc3)cc2CC)c2ccccc2-c2ccccc21. The van der Waals surface area contributed by atoms with Crippen LogP contribution in [0.4, 0.5) is 11.4 Å². The molecule has 0 aromatic heterocycles. The molecule has 0 heterocycles. The van der Waals surface area contributed by atoms with Crippen molar-refractivity contribution in [3.8, 4) is 34.1 Å². The molecule has 0 aliphatic heterocycles. The molecule has 57 heavy (non-hydrogen) atoms. The Bertz CT molecular complexity index is 2200. The highest BCUT2D eigenvalue weighted by Gasteiger charge is 2.49. The number of nitrogen functional groups attached to an aromatic ring is 2. The van der Waals surface area contributed by atoms with Crippen molar-refractivity contribution in [2.45, 2.75) is 108 Å². The van der Waals surface area contributed by atoms with E-state index in [1.54, 1.807) is 0 Å². The molecule has 2 fully saturated rings. The summed E-state index contributed by atoms with van der Waals surface area (Å²) in [7, 11) is 0. The Morgan fingerprint density at radius 2 is 0.860 bits per heavy atom. The second kappa shape index (κ2) is 15.8. The molecule has 0 bridgehead atoms. The summed E-state index contributed by atoms with van der Waals surface area (Å²) in [6, 6.07) is 44.1. The van der Waals surface area contributed by atoms with E-state index in [2.05, 4.69) is 86.6 Å². The quantitative estimate of drug-likeness (QED) is 0.137. The molecule has 4 heteroatoms. The summed E-state index contributed by atoms with van der Waals surface area (Å²) >= 11 is 0. The van der Waals surface area contributed by atoms with Crippen LogP contribution in [-0.4, -0.2) is 0 Å². The van der Waals surface area contributed by atoms with Gasteiger partial charge < -0.3 is 20.9 Å². The minimum Gasteiger partial charge on any atom is -0.457 e. The van der Waals surface area contributed by atoms with Gasteiger partial charge in [0, 0.05) is 11.4 Å². The van der Waals surface area contributed by atoms with Crippen LogP contribution in [0.3, 0.4) is 0 Å². The molecule has 2 saturated carbocycles. The third-order valence-corrected chi connectivity index (χ3v) is 13.3. The van der Waals surface area contributed by atoms with Crippen LogP contribution in [0.15, 0.2) is 121 Å². The molecule has 6 aromatic carbocycles. The maximum Gasteiger partial charge on any atom is 0.131 e. The van der Waals surface area contributed by atoms with E-state index in [4.69, 9.17) is 20.9 Å². The average molecular weight is 753 g/mol. The molecule has 3 aliphatic carbocycles. The van der Waals surface area contributed by atoms with Crippen molar-refractivity contribution >= 4 is 11.4 Å². The van der Waals surface area contributed by atoms with Gasteiger partial charge in [-0.15, -0.1) is 0 Å². The van der Waals surface area contributed by atoms with Crippen molar-refractivity contribution in [1.82, 2.24) is 0 Å². The molecule has 0 spiro atoms. The number of ether oxygens (including phenoxy) is 2. The maximum absolute atomic E-state index is 6.90. The van der Waals surface area contributed by atoms with Crippen LogP contribution < -0.4 is 20.9 Å². The predicted molar refractivity (Wildman–Crippen MR) is 236 cm³/mol. The zero-order valence-corrected chi connectivity index (χ0v) is 33.7. The van der Waals surface area contributed by atoms with Crippen LogP contribution in [0.2, 0.25) is 0 Å². The van der Waals surface area contributed by atoms with Crippen molar-refractivity contribution < 1.29 is 9.47 Å². The lowest BCUT2D eigenvalue weighted by Crippen LogP contribution is -2.32. The van der Waals surface area contributed by atoms with Gasteiger partial charge in [-0.3, -0.25) is 0 Å². The van der Waals surface area contributed by atoms with E-state index >= 15 is 0 Å². The summed E-state index contributed by atoms with van der Waals surface area (Å²) in [4.78, 5) is 0. The molecule has 9 rings (SSSR count). The van der Waals surface area contributed by atoms with E-state index in [1.165, 1.54) is 120 Å². The molecular weight excluding hydrogens is 697 g/mol. The standard InChI is InChI=1S/C53H56N2O2/c1-3-35-31-51(56-41-27-23-39(54)24-28-41)45(37-15-7-5-8-16-37)33-49(35)53(47-21-13-11-19-43(47)44-20-12-14-22-48(44)53)50-34-46(38-17-9-6-10-18-38)52(32-36(50)4-2)57-42-29-25-40(55)26-30-42/h11-14,19-34,37-38H,3-10,15-18,54-55H2,1-2H3. The van der Waals surface area contributed by atoms with Crippen molar-refractivity contribution in [2.75, 3.05) is 11.5 Å². The van der Waals surface area contributed by atoms with Gasteiger partial charge in [0.25, 0.3) is 0 Å². The van der Waals surface area contributed by atoms with Gasteiger partial charge in [-0.05, 0) is 179 Å². The lowest BCUT2D eigenvalue weighted by Gasteiger charge is -2.39. The molecule has 3 aliphatic rings. The Labute approximate surface area is 339 Å². The summed E-state index contributed by atoms with van der Waals surface area (Å²) < 4.78 is 13.8. The van der Waals surface area contributed by atoms with Gasteiger partial charge in [0.2, 0.25) is 0 Å². The van der Waals surface area contributed by atoms with Crippen LogP contribution >= 0.6 is 0 Å². The topological polar surface area (TPSA) is 70.5 Å². The fourth-order valence-electron chi connectivity index (χ4n) is 10.5. The van der Waals surface area contributed by atoms with E-state index in [1.807, 2.05) is 48.5 Å². The van der Waals surface area contributed by atoms with Gasteiger partial charge in [0.1, 0.15) is 23.0 Å². The van der Waals surface area contributed by atoms with E-state index < -0.39 is 5.41 Å². The smallest absolute Gasteiger partial charge is 0.131 e. The number of hydrogen-bond donors (Lipinski definition) is 2. The van der Waals surface area contributed by atoms with E-state index in [9.17, 15) is 0 Å². The van der Waals surface area contributed by atoms with Crippen molar-refractivity contribution in [3.05, 3.63) is 166 Å². The molecule has 0 unspecified atom stereocenters. The molecule has 4 nitrogen and oxygen atoms in total. The van der Waals surface area contributed by atoms with Gasteiger partial charge in [-0.25, -0.2) is 0 Å². The molecule has 0 amide bonds. The summed E-state index contributed by atoms with van der Waals surface area (Å²) in [6.07, 6.45) is 14.0. The van der Waals surface area contributed by atoms with Gasteiger partial charge in [0.05, 0.1) is 5.41 Å². The third-order valence-electron chi connectivity index (χ3n) is 13.3. The Hall–Kier alpha value is -5.48. The second-order valence-corrected chi connectivity index (χ2v) is 16.7. The van der Waals surface area contributed by atoms with Gasteiger partial charge >= 0.3 is 0 Å². The lowest BCUT2D eigenvalue weighted by atomic mass is 9.63. The molecule has 6 aromatic rings. The van der Waals surface area contributed by atoms with Crippen LogP contribution in [0, 0.1) is 0 Å². The summed E-state index contributed by atoms with van der Waals surface area (Å²) in [5.41, 5.74) is 26.6. The minimum absolute atomic E-state index is 0.426. The highest BCUT2D eigenvalue weighted by molar-refractivity contribution is 5.87. The Morgan fingerprint density at radius 1 is 0.474 bits per heavy atom. The lowest BCUT2D eigenvalue weighted by molar-refractivity contribution is 0.417. The summed E-state index contributed by atoms with van der Waals surface area (Å²) in [5.74, 6) is 4.46. The fraction of sp³-hybridized carbons (Fsp3) is 0.321. The van der Waals surface area contributed by atoms with E-state index in [0.29, 0.717) is 11.8 Å². The van der Waals surface area contributed by atoms with Crippen molar-refractivity contribution in [3.63, 3.8) is 0 Å². The first-order valence-corrected chi connectivity index (χ1v) is 21.6. The first-order chi connectivity index (χ1) is 28.0. The normalized spacial score (nSPS) is 16.5. The van der Waals surface area contributed by atoms with Crippen molar-refractivity contribution in [2.24, 2.45) is 0 Å². The molecule has 290 valence electrons. The Balaban J connectivity index is 1.35. The molecule has 0 radical (unpaired) electrons. The monoisotopic (exact) mass is 752 g/mol. The van der Waals surface area contributed by atoms with Crippen LogP contribution in [0.1, 0.15) is 134 Å². The number of hydrogen-bond acceptors (Lipinski definition) is 4. The zero-order chi connectivity index (χ0) is 38.9. The summed E-state index contributed by atoms with van der Waals surface area (Å²) in [5, 5.41) is 0. The highest BCUT2D eigenvalue weighted by Crippen LogP contribution is 2.59. The fourth-order valence-corrected chi connectivity index (χ4v) is 10.5. The zero-order valence-electron chi connectivity index (χ0n) is 33.7. The van der Waals surface area contributed by atoms with E-state index in [0.717, 1.165) is 47.2 Å². The first-order valence-electron chi connectivity index (χ1n) is 21.6. The molecule has 4 N–H and O–H groups in total. The van der Waals surface area contributed by atoms with Crippen LogP contribution in [-0.2, 0) is 18.3 Å². The summed E-state index contributed by atoms with van der Waals surface area (Å²) in [6.45, 7) is 4.62. The Morgan fingerprint density at radius 3 is 1.25 bits per heavy atom.